The molecule has 116 valence electrons. The van der Waals surface area contributed by atoms with E-state index in [0.29, 0.717) is 0 Å². The molecule has 0 N–H and O–H groups in total. The van der Waals surface area contributed by atoms with Crippen LogP contribution in [0.3, 0.4) is 0 Å². The Morgan fingerprint density at radius 3 is 2.10 bits per heavy atom. The molecule has 0 aromatic heterocycles. The molecule has 0 saturated carbocycles. The largest absolute Gasteiger partial charge is 0.0840 e. The number of rotatable bonds is 12. The molecule has 0 radical (unpaired) electrons. The van der Waals surface area contributed by atoms with Crippen LogP contribution in [0.2, 0.25) is 0 Å². The van der Waals surface area contributed by atoms with Crippen molar-refractivity contribution in [1.29, 1.82) is 0 Å². The average molecular weight is 277 g/mol. The molecule has 0 aliphatic carbocycles. The zero-order valence-electron chi connectivity index (χ0n) is 14.3. The van der Waals surface area contributed by atoms with Gasteiger partial charge < -0.3 is 0 Å². The van der Waals surface area contributed by atoms with Gasteiger partial charge in [0, 0.05) is 0 Å². The van der Waals surface area contributed by atoms with E-state index in [0.717, 1.165) is 5.92 Å². The summed E-state index contributed by atoms with van der Waals surface area (Å²) in [4.78, 5) is 0. The monoisotopic (exact) mass is 276 g/mol. The molecule has 0 bridgehead atoms. The minimum atomic E-state index is 0.813. The maximum atomic E-state index is 2.43. The van der Waals surface area contributed by atoms with Crippen LogP contribution in [0, 0.1) is 5.92 Å². The third-order valence-electron chi connectivity index (χ3n) is 3.61. The van der Waals surface area contributed by atoms with Crippen molar-refractivity contribution in [2.24, 2.45) is 5.92 Å². The first-order valence-corrected chi connectivity index (χ1v) is 8.77. The van der Waals surface area contributed by atoms with Crippen LogP contribution < -0.4 is 0 Å². The maximum Gasteiger partial charge on any atom is -0.0303 e. The van der Waals surface area contributed by atoms with Gasteiger partial charge in [0.1, 0.15) is 0 Å². The average Bonchev–Trinajstić information content (AvgIpc) is 2.46. The van der Waals surface area contributed by atoms with E-state index in [-0.39, 0.29) is 0 Å². The third kappa shape index (κ3) is 12.3. The first kappa shape index (κ1) is 19.2. The highest BCUT2D eigenvalue weighted by Gasteiger charge is 1.99. The zero-order valence-corrected chi connectivity index (χ0v) is 14.3. The second-order valence-electron chi connectivity index (χ2n) is 5.92. The van der Waals surface area contributed by atoms with E-state index in [2.05, 4.69) is 58.1 Å². The molecule has 0 aromatic carbocycles. The molecular formula is C20H36. The van der Waals surface area contributed by atoms with E-state index in [1.54, 1.807) is 0 Å². The Balaban J connectivity index is 4.37. The summed E-state index contributed by atoms with van der Waals surface area (Å²) in [6, 6.07) is 0. The number of allylic oxidation sites excluding steroid dienone is 6. The van der Waals surface area contributed by atoms with Gasteiger partial charge in [0.25, 0.3) is 0 Å². The molecule has 0 heterocycles. The van der Waals surface area contributed by atoms with Gasteiger partial charge in [-0.1, -0.05) is 96.6 Å². The second-order valence-corrected chi connectivity index (χ2v) is 5.92. The molecule has 1 unspecified atom stereocenters. The fourth-order valence-corrected chi connectivity index (χ4v) is 2.13. The Bertz CT molecular complexity index is 280. The lowest BCUT2D eigenvalue weighted by atomic mass is 9.99. The standard InChI is InChI=1S/C20H36/c1-5-8-11-13-16-20(15-12-9-6-2)18-17-19(4)14-10-7-3/h12-13,15-16,18-19H,5-11,14,17H2,1-4H3. The normalized spacial score (nSPS) is 14.5. The van der Waals surface area contributed by atoms with Gasteiger partial charge in [0.15, 0.2) is 0 Å². The van der Waals surface area contributed by atoms with Crippen molar-refractivity contribution in [1.82, 2.24) is 0 Å². The van der Waals surface area contributed by atoms with E-state index >= 15 is 0 Å². The van der Waals surface area contributed by atoms with Gasteiger partial charge in [-0.05, 0) is 30.8 Å². The van der Waals surface area contributed by atoms with Gasteiger partial charge in [0.2, 0.25) is 0 Å². The van der Waals surface area contributed by atoms with Crippen molar-refractivity contribution in [2.45, 2.75) is 85.5 Å². The SMILES string of the molecule is CCCC=CC(C=CCCCC)=CCC(C)CCCC. The van der Waals surface area contributed by atoms with Crippen LogP contribution in [-0.2, 0) is 0 Å². The van der Waals surface area contributed by atoms with E-state index in [1.807, 2.05) is 0 Å². The highest BCUT2D eigenvalue weighted by molar-refractivity contribution is 5.30. The van der Waals surface area contributed by atoms with Crippen LogP contribution in [0.5, 0.6) is 0 Å². The lowest BCUT2D eigenvalue weighted by Gasteiger charge is -2.07. The quantitative estimate of drug-likeness (QED) is 0.260. The Morgan fingerprint density at radius 2 is 1.50 bits per heavy atom. The van der Waals surface area contributed by atoms with Crippen LogP contribution in [0.4, 0.5) is 0 Å². The first-order valence-electron chi connectivity index (χ1n) is 8.77. The van der Waals surface area contributed by atoms with Crippen molar-refractivity contribution < 1.29 is 0 Å². The molecular weight excluding hydrogens is 240 g/mol. The molecule has 0 saturated heterocycles. The molecule has 0 aliphatic rings. The molecule has 0 spiro atoms. The van der Waals surface area contributed by atoms with Gasteiger partial charge in [-0.2, -0.15) is 0 Å². The van der Waals surface area contributed by atoms with Gasteiger partial charge >= 0.3 is 0 Å². The summed E-state index contributed by atoms with van der Waals surface area (Å²) in [5.41, 5.74) is 1.40. The molecule has 0 amide bonds. The lowest BCUT2D eigenvalue weighted by Crippen LogP contribution is -1.92. The van der Waals surface area contributed by atoms with Gasteiger partial charge in [0.05, 0.1) is 0 Å². The smallest absolute Gasteiger partial charge is 0.0303 e. The van der Waals surface area contributed by atoms with Crippen LogP contribution >= 0.6 is 0 Å². The predicted molar refractivity (Wildman–Crippen MR) is 94.1 cm³/mol. The number of unbranched alkanes of at least 4 members (excludes halogenated alkanes) is 4. The molecule has 20 heavy (non-hydrogen) atoms. The Morgan fingerprint density at radius 1 is 0.850 bits per heavy atom. The predicted octanol–water partition coefficient (Wildman–Crippen LogP) is 7.23. The van der Waals surface area contributed by atoms with E-state index in [9.17, 15) is 0 Å². The summed E-state index contributed by atoms with van der Waals surface area (Å²) in [5.74, 6) is 0.813. The van der Waals surface area contributed by atoms with Crippen molar-refractivity contribution in [3.8, 4) is 0 Å². The molecule has 0 heteroatoms. The van der Waals surface area contributed by atoms with Crippen LogP contribution in [0.25, 0.3) is 0 Å². The zero-order chi connectivity index (χ0) is 15.1. The van der Waals surface area contributed by atoms with Gasteiger partial charge in [-0.15, -0.1) is 0 Å². The molecule has 0 aromatic rings. The van der Waals surface area contributed by atoms with E-state index in [4.69, 9.17) is 0 Å². The summed E-state index contributed by atoms with van der Waals surface area (Å²) < 4.78 is 0. The maximum absolute atomic E-state index is 2.43. The summed E-state index contributed by atoms with van der Waals surface area (Å²) in [6.07, 6.45) is 23.1. The lowest BCUT2D eigenvalue weighted by molar-refractivity contribution is 0.511. The first-order chi connectivity index (χ1) is 9.74. The van der Waals surface area contributed by atoms with Crippen molar-refractivity contribution in [3.05, 3.63) is 36.0 Å². The van der Waals surface area contributed by atoms with Crippen LogP contribution in [0.15, 0.2) is 36.0 Å². The summed E-state index contributed by atoms with van der Waals surface area (Å²) in [6.45, 7) is 9.14. The fraction of sp³-hybridized carbons (Fsp3) is 0.700. The highest BCUT2D eigenvalue weighted by atomic mass is 14.0. The number of hydrogen-bond acceptors (Lipinski definition) is 0. The van der Waals surface area contributed by atoms with Crippen molar-refractivity contribution >= 4 is 0 Å². The Hall–Kier alpha value is -0.780. The number of hydrogen-bond donors (Lipinski definition) is 0. The third-order valence-corrected chi connectivity index (χ3v) is 3.61. The topological polar surface area (TPSA) is 0 Å². The minimum Gasteiger partial charge on any atom is -0.0840 e. The Labute approximate surface area is 128 Å². The van der Waals surface area contributed by atoms with Gasteiger partial charge in [-0.3, -0.25) is 0 Å². The minimum absolute atomic E-state index is 0.813. The van der Waals surface area contributed by atoms with Crippen LogP contribution in [-0.4, -0.2) is 0 Å². The van der Waals surface area contributed by atoms with Crippen molar-refractivity contribution in [3.63, 3.8) is 0 Å². The van der Waals surface area contributed by atoms with Crippen molar-refractivity contribution in [2.75, 3.05) is 0 Å². The van der Waals surface area contributed by atoms with Gasteiger partial charge in [-0.25, -0.2) is 0 Å². The summed E-state index contributed by atoms with van der Waals surface area (Å²) >= 11 is 0. The van der Waals surface area contributed by atoms with Crippen LogP contribution in [0.1, 0.15) is 85.5 Å². The second kappa shape index (κ2) is 14.6. The highest BCUT2D eigenvalue weighted by Crippen LogP contribution is 2.15. The molecule has 0 aliphatic heterocycles. The summed E-state index contributed by atoms with van der Waals surface area (Å²) in [5, 5.41) is 0. The van der Waals surface area contributed by atoms with E-state index < -0.39 is 0 Å². The summed E-state index contributed by atoms with van der Waals surface area (Å²) in [7, 11) is 0. The molecule has 1 atom stereocenters. The Kier molecular flexibility index (Phi) is 14.1. The van der Waals surface area contributed by atoms with E-state index in [1.165, 1.54) is 63.4 Å². The molecule has 0 fully saturated rings. The molecule has 0 rings (SSSR count). The molecule has 0 nitrogen and oxygen atoms in total. The fourth-order valence-electron chi connectivity index (χ4n) is 2.13.